The lowest BCUT2D eigenvalue weighted by Crippen LogP contribution is -2.09. The lowest BCUT2D eigenvalue weighted by molar-refractivity contribution is 0.411. The average molecular weight is 189 g/mol. The Morgan fingerprint density at radius 1 is 1.57 bits per heavy atom. The Balaban J connectivity index is 2.92. The van der Waals surface area contributed by atoms with Gasteiger partial charge in [0.15, 0.2) is 0 Å². The summed E-state index contributed by atoms with van der Waals surface area (Å²) in [6.45, 7) is 1.99. The molecule has 0 spiro atoms. The highest BCUT2D eigenvalue weighted by molar-refractivity contribution is 5.37. The number of terminal acetylenes is 1. The van der Waals surface area contributed by atoms with Crippen molar-refractivity contribution in [1.29, 1.82) is 0 Å². The number of hydrogen-bond donors (Lipinski definition) is 1. The van der Waals surface area contributed by atoms with E-state index in [0.29, 0.717) is 6.42 Å². The molecule has 0 aromatic heterocycles. The zero-order valence-corrected chi connectivity index (χ0v) is 8.58. The van der Waals surface area contributed by atoms with Gasteiger partial charge in [-0.3, -0.25) is 0 Å². The molecule has 1 atom stereocenters. The summed E-state index contributed by atoms with van der Waals surface area (Å²) in [5, 5.41) is 0. The SMILES string of the molecule is C#CCC(N)c1ccc(OC)c(C)c1. The molecule has 74 valence electrons. The number of ether oxygens (including phenoxy) is 1. The predicted octanol–water partition coefficient (Wildman–Crippen LogP) is 2.03. The number of methoxy groups -OCH3 is 1. The number of aryl methyl sites for hydroxylation is 1. The topological polar surface area (TPSA) is 35.2 Å². The summed E-state index contributed by atoms with van der Waals surface area (Å²) in [5.74, 6) is 3.43. The molecule has 0 radical (unpaired) electrons. The summed E-state index contributed by atoms with van der Waals surface area (Å²) in [6.07, 6.45) is 5.77. The lowest BCUT2D eigenvalue weighted by Gasteiger charge is -2.11. The van der Waals surface area contributed by atoms with Crippen LogP contribution in [-0.2, 0) is 0 Å². The fourth-order valence-corrected chi connectivity index (χ4v) is 1.38. The van der Waals surface area contributed by atoms with E-state index in [1.807, 2.05) is 25.1 Å². The largest absolute Gasteiger partial charge is 0.496 e. The quantitative estimate of drug-likeness (QED) is 0.738. The molecule has 2 heteroatoms. The maximum absolute atomic E-state index is 5.88. The highest BCUT2D eigenvalue weighted by Crippen LogP contribution is 2.22. The normalized spacial score (nSPS) is 11.9. The van der Waals surface area contributed by atoms with E-state index in [4.69, 9.17) is 16.9 Å². The minimum atomic E-state index is -0.0791. The Morgan fingerprint density at radius 3 is 2.79 bits per heavy atom. The van der Waals surface area contributed by atoms with Crippen molar-refractivity contribution >= 4 is 0 Å². The van der Waals surface area contributed by atoms with Crippen LogP contribution >= 0.6 is 0 Å². The van der Waals surface area contributed by atoms with E-state index in [1.165, 1.54) is 0 Å². The Hall–Kier alpha value is -1.46. The molecule has 0 saturated heterocycles. The van der Waals surface area contributed by atoms with Crippen molar-refractivity contribution < 1.29 is 4.74 Å². The zero-order chi connectivity index (χ0) is 10.6. The van der Waals surface area contributed by atoms with Gasteiger partial charge in [0.2, 0.25) is 0 Å². The van der Waals surface area contributed by atoms with Gasteiger partial charge in [0, 0.05) is 12.5 Å². The second-order valence-electron chi connectivity index (χ2n) is 3.24. The minimum Gasteiger partial charge on any atom is -0.496 e. The predicted molar refractivity (Wildman–Crippen MR) is 58.1 cm³/mol. The Bertz CT molecular complexity index is 352. The third-order valence-electron chi connectivity index (χ3n) is 2.18. The third kappa shape index (κ3) is 2.27. The van der Waals surface area contributed by atoms with Gasteiger partial charge in [0.05, 0.1) is 7.11 Å². The summed E-state index contributed by atoms with van der Waals surface area (Å²) in [7, 11) is 1.66. The Morgan fingerprint density at radius 2 is 2.29 bits per heavy atom. The van der Waals surface area contributed by atoms with Crippen LogP contribution in [0, 0.1) is 19.3 Å². The van der Waals surface area contributed by atoms with Crippen LogP contribution in [0.1, 0.15) is 23.6 Å². The smallest absolute Gasteiger partial charge is 0.121 e. The van der Waals surface area contributed by atoms with Crippen LogP contribution in [0.2, 0.25) is 0 Å². The lowest BCUT2D eigenvalue weighted by atomic mass is 10.0. The van der Waals surface area contributed by atoms with Crippen molar-refractivity contribution in [1.82, 2.24) is 0 Å². The maximum Gasteiger partial charge on any atom is 0.121 e. The van der Waals surface area contributed by atoms with E-state index in [-0.39, 0.29) is 6.04 Å². The number of rotatable bonds is 3. The molecule has 2 nitrogen and oxygen atoms in total. The van der Waals surface area contributed by atoms with Crippen LogP contribution in [0.5, 0.6) is 5.75 Å². The first-order valence-corrected chi connectivity index (χ1v) is 4.52. The summed E-state index contributed by atoms with van der Waals surface area (Å²) in [4.78, 5) is 0. The van der Waals surface area contributed by atoms with Crippen LogP contribution in [0.25, 0.3) is 0 Å². The Kier molecular flexibility index (Phi) is 3.55. The van der Waals surface area contributed by atoms with Crippen LogP contribution < -0.4 is 10.5 Å². The fourth-order valence-electron chi connectivity index (χ4n) is 1.38. The molecule has 2 N–H and O–H groups in total. The first kappa shape index (κ1) is 10.6. The molecule has 0 bridgehead atoms. The van der Waals surface area contributed by atoms with E-state index in [9.17, 15) is 0 Å². The van der Waals surface area contributed by atoms with E-state index in [1.54, 1.807) is 7.11 Å². The van der Waals surface area contributed by atoms with Crippen molar-refractivity contribution in [3.8, 4) is 18.1 Å². The fraction of sp³-hybridized carbons (Fsp3) is 0.333. The molecular weight excluding hydrogens is 174 g/mol. The van der Waals surface area contributed by atoms with Crippen molar-refractivity contribution in [2.75, 3.05) is 7.11 Å². The van der Waals surface area contributed by atoms with E-state index in [0.717, 1.165) is 16.9 Å². The van der Waals surface area contributed by atoms with Crippen molar-refractivity contribution in [3.63, 3.8) is 0 Å². The van der Waals surface area contributed by atoms with Crippen LogP contribution in [-0.4, -0.2) is 7.11 Å². The first-order chi connectivity index (χ1) is 6.69. The molecule has 0 fully saturated rings. The van der Waals surface area contributed by atoms with Crippen molar-refractivity contribution in [2.24, 2.45) is 5.73 Å². The van der Waals surface area contributed by atoms with Gasteiger partial charge in [-0.1, -0.05) is 12.1 Å². The molecule has 0 heterocycles. The molecule has 0 aliphatic rings. The average Bonchev–Trinajstić information content (AvgIpc) is 2.18. The van der Waals surface area contributed by atoms with E-state index < -0.39 is 0 Å². The van der Waals surface area contributed by atoms with Gasteiger partial charge >= 0.3 is 0 Å². The standard InChI is InChI=1S/C12H15NO/c1-4-5-11(13)10-6-7-12(14-3)9(2)8-10/h1,6-8,11H,5,13H2,2-3H3. The first-order valence-electron chi connectivity index (χ1n) is 4.52. The summed E-state index contributed by atoms with van der Waals surface area (Å²) in [6, 6.07) is 5.81. The maximum atomic E-state index is 5.88. The minimum absolute atomic E-state index is 0.0791. The molecule has 0 amide bonds. The van der Waals surface area contributed by atoms with Crippen molar-refractivity contribution in [3.05, 3.63) is 29.3 Å². The van der Waals surface area contributed by atoms with Gasteiger partial charge in [-0.25, -0.2) is 0 Å². The van der Waals surface area contributed by atoms with Crippen LogP contribution in [0.4, 0.5) is 0 Å². The molecule has 1 aromatic rings. The monoisotopic (exact) mass is 189 g/mol. The molecule has 1 aromatic carbocycles. The van der Waals surface area contributed by atoms with Crippen LogP contribution in [0.3, 0.4) is 0 Å². The molecule has 1 unspecified atom stereocenters. The number of benzene rings is 1. The summed E-state index contributed by atoms with van der Waals surface area (Å²) in [5.41, 5.74) is 8.02. The van der Waals surface area contributed by atoms with E-state index >= 15 is 0 Å². The molecule has 14 heavy (non-hydrogen) atoms. The molecule has 0 aliphatic carbocycles. The van der Waals surface area contributed by atoms with Crippen LogP contribution in [0.15, 0.2) is 18.2 Å². The van der Waals surface area contributed by atoms with Gasteiger partial charge in [-0.2, -0.15) is 0 Å². The van der Waals surface area contributed by atoms with Crippen molar-refractivity contribution in [2.45, 2.75) is 19.4 Å². The zero-order valence-electron chi connectivity index (χ0n) is 8.58. The number of hydrogen-bond acceptors (Lipinski definition) is 2. The van der Waals surface area contributed by atoms with Gasteiger partial charge < -0.3 is 10.5 Å². The van der Waals surface area contributed by atoms with Gasteiger partial charge in [0.25, 0.3) is 0 Å². The van der Waals surface area contributed by atoms with Gasteiger partial charge in [0.1, 0.15) is 5.75 Å². The highest BCUT2D eigenvalue weighted by Gasteiger charge is 2.06. The highest BCUT2D eigenvalue weighted by atomic mass is 16.5. The number of nitrogens with two attached hydrogens (primary N) is 1. The Labute approximate surface area is 85.1 Å². The van der Waals surface area contributed by atoms with Gasteiger partial charge in [-0.05, 0) is 24.1 Å². The second kappa shape index (κ2) is 4.69. The van der Waals surface area contributed by atoms with Gasteiger partial charge in [-0.15, -0.1) is 12.3 Å². The summed E-state index contributed by atoms with van der Waals surface area (Å²) < 4.78 is 5.16. The molecule has 0 aliphatic heterocycles. The molecular formula is C12H15NO. The van der Waals surface area contributed by atoms with E-state index in [2.05, 4.69) is 5.92 Å². The molecule has 0 saturated carbocycles. The second-order valence-corrected chi connectivity index (χ2v) is 3.24. The third-order valence-corrected chi connectivity index (χ3v) is 2.18. The summed E-state index contributed by atoms with van der Waals surface area (Å²) >= 11 is 0. The molecule has 1 rings (SSSR count).